The first-order chi connectivity index (χ1) is 8.75. The minimum absolute atomic E-state index is 0.904. The maximum atomic E-state index is 3.62. The lowest BCUT2D eigenvalue weighted by atomic mass is 10.2. The van der Waals surface area contributed by atoms with E-state index < -0.39 is 0 Å². The fraction of sp³-hybridized carbons (Fsp3) is 0.125. The monoisotopic (exact) mass is 299 g/mol. The van der Waals surface area contributed by atoms with Crippen molar-refractivity contribution in [3.63, 3.8) is 0 Å². The van der Waals surface area contributed by atoms with Crippen LogP contribution >= 0.6 is 15.9 Å². The lowest BCUT2D eigenvalue weighted by Gasteiger charge is -2.10. The molecule has 0 unspecified atom stereocenters. The van der Waals surface area contributed by atoms with Crippen LogP contribution in [-0.4, -0.2) is 4.57 Å². The van der Waals surface area contributed by atoms with Gasteiger partial charge in [0.25, 0.3) is 0 Å². The van der Waals surface area contributed by atoms with Gasteiger partial charge in [-0.1, -0.05) is 52.3 Å². The van der Waals surface area contributed by atoms with Crippen LogP contribution in [0.2, 0.25) is 0 Å². The number of halogens is 1. The van der Waals surface area contributed by atoms with Gasteiger partial charge in [0.15, 0.2) is 0 Å². The number of benzene rings is 2. The summed E-state index contributed by atoms with van der Waals surface area (Å²) in [5.41, 5.74) is 3.90. The first-order valence-electron chi connectivity index (χ1n) is 6.04. The van der Waals surface area contributed by atoms with Gasteiger partial charge in [0.1, 0.15) is 0 Å². The average Bonchev–Trinajstić information content (AvgIpc) is 2.69. The predicted molar refractivity (Wildman–Crippen MR) is 79.9 cm³/mol. The van der Waals surface area contributed by atoms with Gasteiger partial charge in [-0.25, -0.2) is 0 Å². The number of aromatic nitrogens is 1. The van der Waals surface area contributed by atoms with Gasteiger partial charge in [-0.15, -0.1) is 0 Å². The maximum absolute atomic E-state index is 3.62. The summed E-state index contributed by atoms with van der Waals surface area (Å²) in [6, 6.07) is 19.2. The van der Waals surface area contributed by atoms with E-state index in [1.54, 1.807) is 0 Å². The van der Waals surface area contributed by atoms with Crippen LogP contribution in [0.15, 0.2) is 59.1 Å². The highest BCUT2D eigenvalue weighted by atomic mass is 79.9. The van der Waals surface area contributed by atoms with Crippen molar-refractivity contribution in [3.8, 4) is 0 Å². The molecule has 2 heteroatoms. The molecule has 0 saturated heterocycles. The summed E-state index contributed by atoms with van der Waals surface area (Å²) >= 11 is 3.62. The number of hydrogen-bond donors (Lipinski definition) is 0. The van der Waals surface area contributed by atoms with E-state index in [0.29, 0.717) is 0 Å². The molecule has 3 aromatic rings. The van der Waals surface area contributed by atoms with E-state index in [9.17, 15) is 0 Å². The normalized spacial score (nSPS) is 11.0. The van der Waals surface area contributed by atoms with Crippen LogP contribution < -0.4 is 0 Å². The zero-order valence-electron chi connectivity index (χ0n) is 10.2. The van der Waals surface area contributed by atoms with Crippen LogP contribution in [0.3, 0.4) is 0 Å². The van der Waals surface area contributed by atoms with Crippen molar-refractivity contribution < 1.29 is 0 Å². The molecule has 0 saturated carbocycles. The van der Waals surface area contributed by atoms with E-state index in [1.165, 1.54) is 26.6 Å². The second-order valence-electron chi connectivity index (χ2n) is 4.52. The Morgan fingerprint density at radius 1 is 1.00 bits per heavy atom. The molecule has 18 heavy (non-hydrogen) atoms. The van der Waals surface area contributed by atoms with E-state index in [1.807, 2.05) is 6.07 Å². The molecule has 0 atom stereocenters. The molecular formula is C16H14BrN. The van der Waals surface area contributed by atoms with E-state index in [2.05, 4.69) is 76.0 Å². The number of aryl methyl sites for hydroxylation is 1. The fourth-order valence-electron chi connectivity index (χ4n) is 2.36. The summed E-state index contributed by atoms with van der Waals surface area (Å²) in [7, 11) is 0. The molecule has 1 nitrogen and oxygen atoms in total. The maximum Gasteiger partial charge on any atom is 0.0489 e. The van der Waals surface area contributed by atoms with Gasteiger partial charge in [0.05, 0.1) is 0 Å². The largest absolute Gasteiger partial charge is 0.340 e. The molecule has 0 radical (unpaired) electrons. The Morgan fingerprint density at radius 2 is 1.72 bits per heavy atom. The van der Waals surface area contributed by atoms with Crippen molar-refractivity contribution in [2.24, 2.45) is 0 Å². The first kappa shape index (κ1) is 11.5. The van der Waals surface area contributed by atoms with E-state index in [-0.39, 0.29) is 0 Å². The van der Waals surface area contributed by atoms with Crippen molar-refractivity contribution >= 4 is 26.8 Å². The second kappa shape index (κ2) is 4.62. The van der Waals surface area contributed by atoms with Crippen molar-refractivity contribution in [1.82, 2.24) is 4.57 Å². The number of para-hydroxylation sites is 1. The summed E-state index contributed by atoms with van der Waals surface area (Å²) in [6.45, 7) is 3.07. The molecule has 1 heterocycles. The lowest BCUT2D eigenvalue weighted by Crippen LogP contribution is -2.01. The number of rotatable bonds is 2. The van der Waals surface area contributed by atoms with Crippen LogP contribution in [0.5, 0.6) is 0 Å². The Morgan fingerprint density at radius 3 is 2.56 bits per heavy atom. The van der Waals surface area contributed by atoms with E-state index in [4.69, 9.17) is 0 Å². The zero-order valence-corrected chi connectivity index (χ0v) is 11.8. The third-order valence-corrected chi connectivity index (χ3v) is 4.08. The highest BCUT2D eigenvalue weighted by Gasteiger charge is 2.06. The average molecular weight is 300 g/mol. The molecular weight excluding hydrogens is 286 g/mol. The van der Waals surface area contributed by atoms with Gasteiger partial charge in [0.2, 0.25) is 0 Å². The third-order valence-electron chi connectivity index (χ3n) is 3.30. The quantitative estimate of drug-likeness (QED) is 0.643. The van der Waals surface area contributed by atoms with Gasteiger partial charge in [-0.05, 0) is 36.1 Å². The van der Waals surface area contributed by atoms with Crippen molar-refractivity contribution in [2.75, 3.05) is 0 Å². The second-order valence-corrected chi connectivity index (χ2v) is 5.38. The molecule has 0 N–H and O–H groups in total. The molecule has 0 fully saturated rings. The van der Waals surface area contributed by atoms with Crippen LogP contribution in [0, 0.1) is 6.92 Å². The first-order valence-corrected chi connectivity index (χ1v) is 6.83. The highest BCUT2D eigenvalue weighted by molar-refractivity contribution is 9.10. The van der Waals surface area contributed by atoms with Crippen LogP contribution in [-0.2, 0) is 6.54 Å². The summed E-state index contributed by atoms with van der Waals surface area (Å²) in [5.74, 6) is 0. The summed E-state index contributed by atoms with van der Waals surface area (Å²) in [5, 5.41) is 1.31. The molecule has 0 aliphatic heterocycles. The standard InChI is InChI=1S/C16H14BrN/c1-12-10-13-6-3-5-9-16(13)18(12)11-14-7-2-4-8-15(14)17/h2-10H,11H2,1H3. The van der Waals surface area contributed by atoms with Gasteiger partial charge in [-0.3, -0.25) is 0 Å². The Hall–Kier alpha value is -1.54. The molecule has 90 valence electrons. The fourth-order valence-corrected chi connectivity index (χ4v) is 2.77. The zero-order chi connectivity index (χ0) is 12.5. The molecule has 0 aliphatic rings. The van der Waals surface area contributed by atoms with Crippen LogP contribution in [0.25, 0.3) is 10.9 Å². The number of hydrogen-bond acceptors (Lipinski definition) is 0. The molecule has 1 aromatic heterocycles. The van der Waals surface area contributed by atoms with Gasteiger partial charge in [-0.2, -0.15) is 0 Å². The van der Waals surface area contributed by atoms with Crippen LogP contribution in [0.4, 0.5) is 0 Å². The third kappa shape index (κ3) is 1.97. The number of fused-ring (bicyclic) bond motifs is 1. The topological polar surface area (TPSA) is 4.93 Å². The van der Waals surface area contributed by atoms with E-state index >= 15 is 0 Å². The Bertz CT molecular complexity index is 697. The summed E-state index contributed by atoms with van der Waals surface area (Å²) in [6.07, 6.45) is 0. The molecule has 0 bridgehead atoms. The minimum atomic E-state index is 0.904. The SMILES string of the molecule is Cc1cc2ccccc2n1Cc1ccccc1Br. The summed E-state index contributed by atoms with van der Waals surface area (Å²) < 4.78 is 3.53. The minimum Gasteiger partial charge on any atom is -0.340 e. The Labute approximate surface area is 115 Å². The Balaban J connectivity index is 2.10. The molecule has 2 aromatic carbocycles. The number of nitrogens with zero attached hydrogens (tertiary/aromatic N) is 1. The molecule has 3 rings (SSSR count). The molecule has 0 aliphatic carbocycles. The van der Waals surface area contributed by atoms with Crippen LogP contribution in [0.1, 0.15) is 11.3 Å². The predicted octanol–water partition coefficient (Wildman–Crippen LogP) is 4.76. The van der Waals surface area contributed by atoms with Crippen molar-refractivity contribution in [3.05, 3.63) is 70.3 Å². The Kier molecular flexibility index (Phi) is 2.96. The van der Waals surface area contributed by atoms with Crippen molar-refractivity contribution in [1.29, 1.82) is 0 Å². The van der Waals surface area contributed by atoms with Crippen molar-refractivity contribution in [2.45, 2.75) is 13.5 Å². The molecule has 0 spiro atoms. The van der Waals surface area contributed by atoms with E-state index in [0.717, 1.165) is 6.54 Å². The smallest absolute Gasteiger partial charge is 0.0489 e. The van der Waals surface area contributed by atoms with Gasteiger partial charge in [0, 0.05) is 22.2 Å². The highest BCUT2D eigenvalue weighted by Crippen LogP contribution is 2.23. The summed E-state index contributed by atoms with van der Waals surface area (Å²) in [4.78, 5) is 0. The van der Waals surface area contributed by atoms with Gasteiger partial charge >= 0.3 is 0 Å². The lowest BCUT2D eigenvalue weighted by molar-refractivity contribution is 0.802. The molecule has 0 amide bonds. The van der Waals surface area contributed by atoms with Gasteiger partial charge < -0.3 is 4.57 Å².